The Balaban J connectivity index is 2.76. The summed E-state index contributed by atoms with van der Waals surface area (Å²) in [6.07, 6.45) is 0. The molecule has 1 aromatic carbocycles. The Kier molecular flexibility index (Phi) is 4.84. The third kappa shape index (κ3) is 3.30. The molecule has 2 N–H and O–H groups in total. The van der Waals surface area contributed by atoms with Crippen molar-refractivity contribution >= 4 is 17.5 Å². The van der Waals surface area contributed by atoms with Crippen molar-refractivity contribution < 1.29 is 14.7 Å². The minimum atomic E-state index is -0.839. The summed E-state index contributed by atoms with van der Waals surface area (Å²) in [5.41, 5.74) is 0.569. The number of hydrogen-bond donors (Lipinski definition) is 2. The Morgan fingerprint density at radius 3 is 2.72 bits per heavy atom. The largest absolute Gasteiger partial charge is 0.395 e. The third-order valence-corrected chi connectivity index (χ3v) is 2.27. The van der Waals surface area contributed by atoms with E-state index in [0.717, 1.165) is 4.90 Å². The van der Waals surface area contributed by atoms with Crippen molar-refractivity contribution in [1.82, 2.24) is 4.90 Å². The molecule has 1 rings (SSSR count). The molecular weight excluding hydrogens is 234 g/mol. The zero-order chi connectivity index (χ0) is 13.5. The number of amides is 2. The van der Waals surface area contributed by atoms with Crippen LogP contribution >= 0.6 is 0 Å². The molecule has 2 amide bonds. The number of nitrogens with zero attached hydrogens (tertiary/aromatic N) is 2. The summed E-state index contributed by atoms with van der Waals surface area (Å²) < 4.78 is 0. The first-order valence-electron chi connectivity index (χ1n) is 5.26. The first kappa shape index (κ1) is 13.7. The lowest BCUT2D eigenvalue weighted by atomic mass is 10.2. The van der Waals surface area contributed by atoms with Gasteiger partial charge in [-0.3, -0.25) is 9.59 Å². The van der Waals surface area contributed by atoms with Gasteiger partial charge in [-0.05, 0) is 12.1 Å². The zero-order valence-electron chi connectivity index (χ0n) is 9.88. The van der Waals surface area contributed by atoms with Gasteiger partial charge in [-0.15, -0.1) is 0 Å². The number of para-hydroxylation sites is 1. The van der Waals surface area contributed by atoms with E-state index in [1.807, 2.05) is 6.07 Å². The van der Waals surface area contributed by atoms with Crippen LogP contribution in [0.15, 0.2) is 24.3 Å². The summed E-state index contributed by atoms with van der Waals surface area (Å²) in [5.74, 6) is -1.61. The van der Waals surface area contributed by atoms with Crippen LogP contribution in [0.25, 0.3) is 0 Å². The van der Waals surface area contributed by atoms with E-state index in [-0.39, 0.29) is 24.4 Å². The fourth-order valence-corrected chi connectivity index (χ4v) is 1.29. The van der Waals surface area contributed by atoms with E-state index in [1.165, 1.54) is 19.2 Å². The number of hydrogen-bond acceptors (Lipinski definition) is 4. The van der Waals surface area contributed by atoms with Crippen LogP contribution in [0.5, 0.6) is 0 Å². The van der Waals surface area contributed by atoms with E-state index in [1.54, 1.807) is 12.1 Å². The maximum atomic E-state index is 11.6. The number of rotatable bonds is 3. The van der Waals surface area contributed by atoms with Gasteiger partial charge in [0.05, 0.1) is 17.9 Å². The van der Waals surface area contributed by atoms with E-state index < -0.39 is 11.8 Å². The highest BCUT2D eigenvalue weighted by molar-refractivity contribution is 6.39. The highest BCUT2D eigenvalue weighted by Gasteiger charge is 2.19. The molecule has 0 fully saturated rings. The van der Waals surface area contributed by atoms with Gasteiger partial charge in [0.25, 0.3) is 0 Å². The molecule has 18 heavy (non-hydrogen) atoms. The second kappa shape index (κ2) is 6.37. The van der Waals surface area contributed by atoms with E-state index in [2.05, 4.69) is 5.32 Å². The third-order valence-electron chi connectivity index (χ3n) is 2.27. The number of carbonyl (C=O) groups excluding carboxylic acids is 2. The predicted octanol–water partition coefficient (Wildman–Crippen LogP) is -0.0525. The number of nitrogens with one attached hydrogen (secondary N) is 1. The van der Waals surface area contributed by atoms with Crippen LogP contribution in [-0.4, -0.2) is 42.0 Å². The van der Waals surface area contributed by atoms with Crippen LogP contribution in [0.1, 0.15) is 5.56 Å². The van der Waals surface area contributed by atoms with Gasteiger partial charge in [0.1, 0.15) is 6.07 Å². The molecule has 0 aliphatic heterocycles. The smallest absolute Gasteiger partial charge is 0.313 e. The van der Waals surface area contributed by atoms with E-state index in [4.69, 9.17) is 10.4 Å². The summed E-state index contributed by atoms with van der Waals surface area (Å²) in [7, 11) is 1.41. The fraction of sp³-hybridized carbons (Fsp3) is 0.250. The van der Waals surface area contributed by atoms with Crippen molar-refractivity contribution in [3.8, 4) is 6.07 Å². The Labute approximate surface area is 104 Å². The number of aliphatic hydroxyl groups excluding tert-OH is 1. The molecule has 0 saturated heterocycles. The Morgan fingerprint density at radius 1 is 1.44 bits per heavy atom. The minimum Gasteiger partial charge on any atom is -0.395 e. The fourth-order valence-electron chi connectivity index (χ4n) is 1.29. The lowest BCUT2D eigenvalue weighted by Crippen LogP contribution is -2.38. The molecule has 0 saturated carbocycles. The van der Waals surface area contributed by atoms with Crippen LogP contribution in [0.4, 0.5) is 5.69 Å². The van der Waals surface area contributed by atoms with Crippen molar-refractivity contribution in [3.63, 3.8) is 0 Å². The van der Waals surface area contributed by atoms with Gasteiger partial charge in [-0.1, -0.05) is 12.1 Å². The number of anilines is 1. The summed E-state index contributed by atoms with van der Waals surface area (Å²) in [6, 6.07) is 8.30. The summed E-state index contributed by atoms with van der Waals surface area (Å²) >= 11 is 0. The van der Waals surface area contributed by atoms with E-state index >= 15 is 0 Å². The summed E-state index contributed by atoms with van der Waals surface area (Å²) in [6.45, 7) is -0.142. The maximum Gasteiger partial charge on any atom is 0.313 e. The molecule has 94 valence electrons. The highest BCUT2D eigenvalue weighted by atomic mass is 16.3. The number of nitriles is 1. The molecule has 0 radical (unpaired) electrons. The van der Waals surface area contributed by atoms with Crippen LogP contribution in [0, 0.1) is 11.3 Å². The van der Waals surface area contributed by atoms with Crippen LogP contribution in [0.2, 0.25) is 0 Å². The molecule has 0 bridgehead atoms. The molecular formula is C12H13N3O3. The van der Waals surface area contributed by atoms with Gasteiger partial charge in [-0.25, -0.2) is 0 Å². The number of aliphatic hydroxyl groups is 1. The molecule has 6 nitrogen and oxygen atoms in total. The molecule has 0 aromatic heterocycles. The van der Waals surface area contributed by atoms with Crippen molar-refractivity contribution in [2.45, 2.75) is 0 Å². The number of benzene rings is 1. The van der Waals surface area contributed by atoms with Crippen molar-refractivity contribution in [2.75, 3.05) is 25.5 Å². The van der Waals surface area contributed by atoms with Crippen LogP contribution in [0.3, 0.4) is 0 Å². The Hall–Kier alpha value is -2.39. The van der Waals surface area contributed by atoms with Crippen molar-refractivity contribution in [3.05, 3.63) is 29.8 Å². The monoisotopic (exact) mass is 247 g/mol. The van der Waals surface area contributed by atoms with Crippen LogP contribution in [-0.2, 0) is 9.59 Å². The van der Waals surface area contributed by atoms with Crippen LogP contribution < -0.4 is 5.32 Å². The van der Waals surface area contributed by atoms with Gasteiger partial charge >= 0.3 is 11.8 Å². The molecule has 0 atom stereocenters. The van der Waals surface area contributed by atoms with Gasteiger partial charge in [0.2, 0.25) is 0 Å². The van der Waals surface area contributed by atoms with Gasteiger partial charge < -0.3 is 15.3 Å². The lowest BCUT2D eigenvalue weighted by Gasteiger charge is -2.15. The molecule has 0 unspecified atom stereocenters. The second-order valence-electron chi connectivity index (χ2n) is 3.56. The molecule has 1 aromatic rings. The zero-order valence-corrected chi connectivity index (χ0v) is 9.88. The summed E-state index contributed by atoms with van der Waals surface area (Å²) in [5, 5.41) is 19.9. The predicted molar refractivity (Wildman–Crippen MR) is 64.5 cm³/mol. The first-order chi connectivity index (χ1) is 8.60. The SMILES string of the molecule is CN(CCO)C(=O)C(=O)Nc1ccccc1C#N. The first-order valence-corrected chi connectivity index (χ1v) is 5.26. The topological polar surface area (TPSA) is 93.4 Å². The normalized spacial score (nSPS) is 9.39. The van der Waals surface area contributed by atoms with Gasteiger partial charge in [-0.2, -0.15) is 5.26 Å². The number of carbonyl (C=O) groups is 2. The quantitative estimate of drug-likeness (QED) is 0.732. The van der Waals surface area contributed by atoms with Crippen molar-refractivity contribution in [1.29, 1.82) is 5.26 Å². The number of likely N-dealkylation sites (N-methyl/N-ethyl adjacent to an activating group) is 1. The highest BCUT2D eigenvalue weighted by Crippen LogP contribution is 2.13. The van der Waals surface area contributed by atoms with Gasteiger partial charge in [0, 0.05) is 13.6 Å². The minimum absolute atomic E-state index is 0.0755. The van der Waals surface area contributed by atoms with E-state index in [9.17, 15) is 9.59 Å². The van der Waals surface area contributed by atoms with E-state index in [0.29, 0.717) is 0 Å². The van der Waals surface area contributed by atoms with Crippen molar-refractivity contribution in [2.24, 2.45) is 0 Å². The lowest BCUT2D eigenvalue weighted by molar-refractivity contribution is -0.142. The Morgan fingerprint density at radius 2 is 2.11 bits per heavy atom. The second-order valence-corrected chi connectivity index (χ2v) is 3.56. The maximum absolute atomic E-state index is 11.6. The standard InChI is InChI=1S/C12H13N3O3/c1-15(6-7-16)12(18)11(17)14-10-5-3-2-4-9(10)8-13/h2-5,16H,6-7H2,1H3,(H,14,17). The molecule has 0 heterocycles. The average molecular weight is 247 g/mol. The molecule has 0 spiro atoms. The molecule has 6 heteroatoms. The summed E-state index contributed by atoms with van der Waals surface area (Å²) in [4.78, 5) is 24.3. The molecule has 0 aliphatic rings. The average Bonchev–Trinajstić information content (AvgIpc) is 2.38. The molecule has 0 aliphatic carbocycles. The Bertz CT molecular complexity index is 494. The van der Waals surface area contributed by atoms with Gasteiger partial charge in [0.15, 0.2) is 0 Å².